The molecule has 3 aromatic carbocycles. The van der Waals surface area contributed by atoms with Crippen LogP contribution in [-0.4, -0.2) is 36.6 Å². The number of carbonyl (C=O) groups is 1. The number of nitrogens with one attached hydrogen (secondary N) is 1. The highest BCUT2D eigenvalue weighted by Gasteiger charge is 2.16. The lowest BCUT2D eigenvalue weighted by molar-refractivity contribution is 0.101. The van der Waals surface area contributed by atoms with Crippen LogP contribution in [-0.2, 0) is 13.0 Å². The van der Waals surface area contributed by atoms with E-state index in [1.807, 2.05) is 55.5 Å². The number of hydrogen-bond acceptors (Lipinski definition) is 7. The van der Waals surface area contributed by atoms with Crippen LogP contribution < -0.4 is 4.74 Å². The Kier molecular flexibility index (Phi) is 6.98. The van der Waals surface area contributed by atoms with Gasteiger partial charge in [0.25, 0.3) is 0 Å². The standard InChI is InChI=1S/C26H26N4O4/c1-3-4-22-23(14-13-21(16(2)31)25(22)33)34-15-17-5-7-18(8-6-17)24(32)19-9-11-20(12-10-19)26-27-29-30-28-26/h5-14,24,32-33H,3-4,15H2,1-2H3,(H,27,28,29,30). The van der Waals surface area contributed by atoms with Gasteiger partial charge in [0.05, 0.1) is 5.56 Å². The van der Waals surface area contributed by atoms with Crippen LogP contribution in [0, 0.1) is 0 Å². The number of carbonyl (C=O) groups excluding carboxylic acids is 1. The Morgan fingerprint density at radius 3 is 2.29 bits per heavy atom. The van der Waals surface area contributed by atoms with Gasteiger partial charge in [0.1, 0.15) is 24.2 Å². The first-order valence-electron chi connectivity index (χ1n) is 11.1. The normalized spacial score (nSPS) is 11.9. The summed E-state index contributed by atoms with van der Waals surface area (Å²) in [4.78, 5) is 11.7. The number of ketones is 1. The number of aromatic hydroxyl groups is 1. The molecule has 0 radical (unpaired) electrons. The third-order valence-electron chi connectivity index (χ3n) is 5.64. The number of nitrogens with zero attached hydrogens (tertiary/aromatic N) is 3. The van der Waals surface area contributed by atoms with Crippen molar-refractivity contribution in [2.45, 2.75) is 39.4 Å². The first-order chi connectivity index (χ1) is 16.5. The van der Waals surface area contributed by atoms with E-state index >= 15 is 0 Å². The van der Waals surface area contributed by atoms with Gasteiger partial charge in [-0.1, -0.05) is 61.9 Å². The molecule has 174 valence electrons. The number of aliphatic hydroxyl groups is 1. The fraction of sp³-hybridized carbons (Fsp3) is 0.231. The van der Waals surface area contributed by atoms with Gasteiger partial charge in [0.15, 0.2) is 5.78 Å². The van der Waals surface area contributed by atoms with E-state index in [9.17, 15) is 15.0 Å². The first-order valence-corrected chi connectivity index (χ1v) is 11.1. The van der Waals surface area contributed by atoms with Crippen LogP contribution in [0.2, 0.25) is 0 Å². The SMILES string of the molecule is CCCc1c(OCc2ccc(C(O)c3ccc(-c4nn[nH]n4)cc3)cc2)ccc(C(C)=O)c1O. The number of phenols is 1. The Bertz CT molecular complexity index is 1250. The summed E-state index contributed by atoms with van der Waals surface area (Å²) in [5.41, 5.74) is 4.18. The summed E-state index contributed by atoms with van der Waals surface area (Å²) in [7, 11) is 0. The van der Waals surface area contributed by atoms with E-state index in [1.54, 1.807) is 12.1 Å². The van der Waals surface area contributed by atoms with Crippen LogP contribution in [0.1, 0.15) is 59.0 Å². The number of tetrazole rings is 1. The van der Waals surface area contributed by atoms with Crippen molar-refractivity contribution in [2.75, 3.05) is 0 Å². The van der Waals surface area contributed by atoms with Gasteiger partial charge in [0, 0.05) is 11.1 Å². The molecule has 0 bridgehead atoms. The lowest BCUT2D eigenvalue weighted by Crippen LogP contribution is -2.03. The Morgan fingerprint density at radius 2 is 1.71 bits per heavy atom. The summed E-state index contributed by atoms with van der Waals surface area (Å²) in [5, 5.41) is 35.2. The van der Waals surface area contributed by atoms with Gasteiger partial charge in [-0.05, 0) is 47.4 Å². The molecule has 4 aromatic rings. The van der Waals surface area contributed by atoms with Crippen molar-refractivity contribution in [1.29, 1.82) is 0 Å². The molecule has 4 rings (SSSR count). The number of rotatable bonds is 9. The second kappa shape index (κ2) is 10.3. The number of Topliss-reactive ketones (excluding diaryl/α,β-unsaturated/α-hetero) is 1. The van der Waals surface area contributed by atoms with Crippen LogP contribution in [0.4, 0.5) is 0 Å². The van der Waals surface area contributed by atoms with Gasteiger partial charge in [-0.25, -0.2) is 0 Å². The number of phenolic OH excluding ortho intramolecular Hbond substituents is 1. The molecule has 34 heavy (non-hydrogen) atoms. The molecule has 3 N–H and O–H groups in total. The number of aromatic nitrogens is 4. The summed E-state index contributed by atoms with van der Waals surface area (Å²) in [6.45, 7) is 3.74. The number of benzene rings is 3. The third-order valence-corrected chi connectivity index (χ3v) is 5.64. The molecule has 0 fully saturated rings. The fourth-order valence-corrected chi connectivity index (χ4v) is 3.78. The second-order valence-corrected chi connectivity index (χ2v) is 8.03. The van der Waals surface area contributed by atoms with Gasteiger partial charge >= 0.3 is 0 Å². The molecular formula is C26H26N4O4. The topological polar surface area (TPSA) is 121 Å². The summed E-state index contributed by atoms with van der Waals surface area (Å²) in [5.74, 6) is 0.877. The molecule has 8 nitrogen and oxygen atoms in total. The lowest BCUT2D eigenvalue weighted by atomic mass is 9.99. The molecule has 1 aromatic heterocycles. The highest BCUT2D eigenvalue weighted by Crippen LogP contribution is 2.33. The van der Waals surface area contributed by atoms with E-state index in [4.69, 9.17) is 4.74 Å². The molecule has 8 heteroatoms. The molecule has 1 heterocycles. The maximum Gasteiger partial charge on any atom is 0.204 e. The third kappa shape index (κ3) is 4.97. The number of hydrogen-bond donors (Lipinski definition) is 3. The highest BCUT2D eigenvalue weighted by atomic mass is 16.5. The predicted molar refractivity (Wildman–Crippen MR) is 127 cm³/mol. The maximum atomic E-state index is 11.7. The number of H-pyrrole nitrogens is 1. The van der Waals surface area contributed by atoms with Crippen molar-refractivity contribution in [2.24, 2.45) is 0 Å². The summed E-state index contributed by atoms with van der Waals surface area (Å²) < 4.78 is 5.97. The summed E-state index contributed by atoms with van der Waals surface area (Å²) in [6.07, 6.45) is 0.647. The van der Waals surface area contributed by atoms with Crippen molar-refractivity contribution in [3.8, 4) is 22.9 Å². The molecule has 0 aliphatic heterocycles. The van der Waals surface area contributed by atoms with Gasteiger partial charge in [-0.15, -0.1) is 10.2 Å². The molecular weight excluding hydrogens is 432 g/mol. The molecule has 0 aliphatic carbocycles. The smallest absolute Gasteiger partial charge is 0.204 e. The quantitative estimate of drug-likeness (QED) is 0.318. The average Bonchev–Trinajstić information content (AvgIpc) is 3.39. The van der Waals surface area contributed by atoms with Crippen LogP contribution in [0.5, 0.6) is 11.5 Å². The van der Waals surface area contributed by atoms with Crippen LogP contribution in [0.25, 0.3) is 11.4 Å². The van der Waals surface area contributed by atoms with Gasteiger partial charge in [0.2, 0.25) is 5.82 Å². The van der Waals surface area contributed by atoms with E-state index in [2.05, 4.69) is 20.6 Å². The average molecular weight is 459 g/mol. The number of aromatic amines is 1. The minimum Gasteiger partial charge on any atom is -0.507 e. The number of ether oxygens (including phenoxy) is 1. The minimum absolute atomic E-state index is 0.00401. The van der Waals surface area contributed by atoms with Crippen molar-refractivity contribution in [1.82, 2.24) is 20.6 Å². The van der Waals surface area contributed by atoms with E-state index < -0.39 is 6.10 Å². The van der Waals surface area contributed by atoms with Crippen molar-refractivity contribution >= 4 is 5.78 Å². The number of aliphatic hydroxyl groups excluding tert-OH is 1. The zero-order valence-electron chi connectivity index (χ0n) is 19.0. The van der Waals surface area contributed by atoms with Gasteiger partial charge in [-0.3, -0.25) is 4.79 Å². The molecule has 1 unspecified atom stereocenters. The largest absolute Gasteiger partial charge is 0.507 e. The molecule has 0 saturated carbocycles. The Balaban J connectivity index is 1.44. The summed E-state index contributed by atoms with van der Waals surface area (Å²) in [6, 6.07) is 18.2. The predicted octanol–water partition coefficient (Wildman–Crippen LogP) is 4.39. The molecule has 0 amide bonds. The lowest BCUT2D eigenvalue weighted by Gasteiger charge is -2.15. The molecule has 0 saturated heterocycles. The summed E-state index contributed by atoms with van der Waals surface area (Å²) >= 11 is 0. The Hall–Kier alpha value is -4.04. The monoisotopic (exact) mass is 458 g/mol. The Labute approximate surface area is 197 Å². The first kappa shape index (κ1) is 23.1. The molecule has 1 atom stereocenters. The van der Waals surface area contributed by atoms with E-state index in [-0.39, 0.29) is 11.5 Å². The van der Waals surface area contributed by atoms with Crippen molar-refractivity contribution in [3.63, 3.8) is 0 Å². The highest BCUT2D eigenvalue weighted by molar-refractivity contribution is 5.97. The van der Waals surface area contributed by atoms with Crippen molar-refractivity contribution < 1.29 is 19.7 Å². The van der Waals surface area contributed by atoms with Gasteiger partial charge < -0.3 is 14.9 Å². The second-order valence-electron chi connectivity index (χ2n) is 8.03. The zero-order valence-corrected chi connectivity index (χ0v) is 19.0. The molecule has 0 aliphatic rings. The zero-order chi connectivity index (χ0) is 24.1. The van der Waals surface area contributed by atoms with Crippen LogP contribution in [0.3, 0.4) is 0 Å². The molecule has 0 spiro atoms. The Morgan fingerprint density at radius 1 is 1.03 bits per heavy atom. The van der Waals surface area contributed by atoms with E-state index in [0.29, 0.717) is 35.7 Å². The van der Waals surface area contributed by atoms with E-state index in [0.717, 1.165) is 28.7 Å². The van der Waals surface area contributed by atoms with Crippen LogP contribution in [0.15, 0.2) is 60.7 Å². The fourth-order valence-electron chi connectivity index (χ4n) is 3.78. The maximum absolute atomic E-state index is 11.7. The van der Waals surface area contributed by atoms with Gasteiger partial charge in [-0.2, -0.15) is 5.21 Å². The minimum atomic E-state index is -0.776. The van der Waals surface area contributed by atoms with Crippen molar-refractivity contribution in [3.05, 3.63) is 88.5 Å². The van der Waals surface area contributed by atoms with E-state index in [1.165, 1.54) is 6.92 Å². The van der Waals surface area contributed by atoms with Crippen LogP contribution >= 0.6 is 0 Å².